The van der Waals surface area contributed by atoms with Crippen LogP contribution < -0.4 is 5.32 Å². The lowest BCUT2D eigenvalue weighted by atomic mass is 10.2. The molecule has 2 rings (SSSR count). The van der Waals surface area contributed by atoms with Crippen LogP contribution in [0.5, 0.6) is 0 Å². The number of carbonyl (C=O) groups is 1. The third kappa shape index (κ3) is 2.63. The van der Waals surface area contributed by atoms with E-state index in [2.05, 4.69) is 27.9 Å². The van der Waals surface area contributed by atoms with Crippen molar-refractivity contribution in [3.05, 3.63) is 57.6 Å². The summed E-state index contributed by atoms with van der Waals surface area (Å²) in [5.41, 5.74) is 0.689. The van der Waals surface area contributed by atoms with Crippen LogP contribution in [0.4, 0.5) is 0 Å². The van der Waals surface area contributed by atoms with E-state index in [0.717, 1.165) is 9.33 Å². The molecule has 0 fully saturated rings. The van der Waals surface area contributed by atoms with Gasteiger partial charge in [0, 0.05) is 3.57 Å². The molecule has 4 heteroatoms. The van der Waals surface area contributed by atoms with E-state index in [-0.39, 0.29) is 5.91 Å². The molecule has 3 nitrogen and oxygen atoms in total. The molecule has 0 bridgehead atoms. The summed E-state index contributed by atoms with van der Waals surface area (Å²) in [5, 5.41) is 2.80. The SMILES string of the molecule is O=C(NCc1ccco1)c1ccccc1I. The first-order chi connectivity index (χ1) is 7.77. The van der Waals surface area contributed by atoms with Gasteiger partial charge in [-0.3, -0.25) is 4.79 Å². The second-order valence-corrected chi connectivity index (χ2v) is 4.40. The average molecular weight is 327 g/mol. The normalized spacial score (nSPS) is 10.1. The second kappa shape index (κ2) is 5.16. The highest BCUT2D eigenvalue weighted by atomic mass is 127. The number of furan rings is 1. The van der Waals surface area contributed by atoms with Crippen LogP contribution in [0.1, 0.15) is 16.1 Å². The molecule has 1 aromatic carbocycles. The highest BCUT2D eigenvalue weighted by Gasteiger charge is 2.08. The van der Waals surface area contributed by atoms with Gasteiger partial charge in [-0.2, -0.15) is 0 Å². The van der Waals surface area contributed by atoms with E-state index in [1.165, 1.54) is 0 Å². The van der Waals surface area contributed by atoms with E-state index in [1.807, 2.05) is 24.3 Å². The molecule has 0 spiro atoms. The smallest absolute Gasteiger partial charge is 0.252 e. The van der Waals surface area contributed by atoms with E-state index in [9.17, 15) is 4.79 Å². The van der Waals surface area contributed by atoms with Gasteiger partial charge in [0.25, 0.3) is 5.91 Å². The topological polar surface area (TPSA) is 42.2 Å². The van der Waals surface area contributed by atoms with Crippen LogP contribution in [0.2, 0.25) is 0 Å². The molecule has 0 aliphatic heterocycles. The second-order valence-electron chi connectivity index (χ2n) is 3.24. The fraction of sp³-hybridized carbons (Fsp3) is 0.0833. The van der Waals surface area contributed by atoms with Crippen molar-refractivity contribution >= 4 is 28.5 Å². The molecule has 1 aromatic heterocycles. The zero-order chi connectivity index (χ0) is 11.4. The van der Waals surface area contributed by atoms with Crippen molar-refractivity contribution in [1.82, 2.24) is 5.32 Å². The Labute approximate surface area is 107 Å². The highest BCUT2D eigenvalue weighted by molar-refractivity contribution is 14.1. The summed E-state index contributed by atoms with van der Waals surface area (Å²) < 4.78 is 6.08. The van der Waals surface area contributed by atoms with Gasteiger partial charge in [0.05, 0.1) is 18.4 Å². The lowest BCUT2D eigenvalue weighted by molar-refractivity contribution is 0.0947. The average Bonchev–Trinajstić information content (AvgIpc) is 2.79. The Morgan fingerprint density at radius 2 is 2.06 bits per heavy atom. The lowest BCUT2D eigenvalue weighted by Crippen LogP contribution is -2.23. The fourth-order valence-corrected chi connectivity index (χ4v) is 1.95. The van der Waals surface area contributed by atoms with E-state index in [1.54, 1.807) is 18.4 Å². The molecular formula is C12H10INO2. The molecule has 0 atom stereocenters. The zero-order valence-electron chi connectivity index (χ0n) is 8.44. The van der Waals surface area contributed by atoms with E-state index >= 15 is 0 Å². The Morgan fingerprint density at radius 1 is 1.25 bits per heavy atom. The predicted octanol–water partition coefficient (Wildman–Crippen LogP) is 2.81. The zero-order valence-corrected chi connectivity index (χ0v) is 10.6. The van der Waals surface area contributed by atoms with Crippen LogP contribution in [0.3, 0.4) is 0 Å². The Bertz CT molecular complexity index is 480. The predicted molar refractivity (Wildman–Crippen MR) is 69.0 cm³/mol. The standard InChI is InChI=1S/C12H10INO2/c13-11-6-2-1-5-10(11)12(15)14-8-9-4-3-7-16-9/h1-7H,8H2,(H,14,15). The van der Waals surface area contributed by atoms with Crippen molar-refractivity contribution in [1.29, 1.82) is 0 Å². The molecule has 0 radical (unpaired) electrons. The monoisotopic (exact) mass is 327 g/mol. The van der Waals surface area contributed by atoms with Crippen LogP contribution >= 0.6 is 22.6 Å². The van der Waals surface area contributed by atoms with Crippen LogP contribution in [-0.4, -0.2) is 5.91 Å². The summed E-state index contributed by atoms with van der Waals surface area (Å²) in [6.45, 7) is 0.413. The number of carbonyl (C=O) groups excluding carboxylic acids is 1. The molecular weight excluding hydrogens is 317 g/mol. The molecule has 1 amide bonds. The van der Waals surface area contributed by atoms with Crippen molar-refractivity contribution in [2.75, 3.05) is 0 Å². The number of amides is 1. The van der Waals surface area contributed by atoms with Gasteiger partial charge in [-0.05, 0) is 46.9 Å². The van der Waals surface area contributed by atoms with Crippen LogP contribution in [0.15, 0.2) is 47.1 Å². The van der Waals surface area contributed by atoms with Crippen molar-refractivity contribution < 1.29 is 9.21 Å². The maximum atomic E-state index is 11.8. The van der Waals surface area contributed by atoms with Crippen LogP contribution in [0, 0.1) is 3.57 Å². The van der Waals surface area contributed by atoms with Crippen molar-refractivity contribution in [2.24, 2.45) is 0 Å². The Balaban J connectivity index is 2.01. The quantitative estimate of drug-likeness (QED) is 0.881. The largest absolute Gasteiger partial charge is 0.467 e. The van der Waals surface area contributed by atoms with E-state index < -0.39 is 0 Å². The molecule has 1 N–H and O–H groups in total. The van der Waals surface area contributed by atoms with Gasteiger partial charge in [-0.15, -0.1) is 0 Å². The summed E-state index contributed by atoms with van der Waals surface area (Å²) in [6, 6.07) is 11.1. The number of nitrogens with one attached hydrogen (secondary N) is 1. The lowest BCUT2D eigenvalue weighted by Gasteiger charge is -2.04. The minimum Gasteiger partial charge on any atom is -0.467 e. The Hall–Kier alpha value is -1.30. The molecule has 0 saturated heterocycles. The first kappa shape index (κ1) is 11.2. The number of hydrogen-bond acceptors (Lipinski definition) is 2. The van der Waals surface area contributed by atoms with Gasteiger partial charge in [0.1, 0.15) is 5.76 Å². The summed E-state index contributed by atoms with van der Waals surface area (Å²) in [6.07, 6.45) is 1.59. The first-order valence-corrected chi connectivity index (χ1v) is 5.90. The Kier molecular flexibility index (Phi) is 3.61. The summed E-state index contributed by atoms with van der Waals surface area (Å²) >= 11 is 2.14. The molecule has 2 aromatic rings. The number of rotatable bonds is 3. The number of halogens is 1. The van der Waals surface area contributed by atoms with Gasteiger partial charge in [-0.1, -0.05) is 12.1 Å². The molecule has 0 saturated carbocycles. The maximum Gasteiger partial charge on any atom is 0.252 e. The van der Waals surface area contributed by atoms with Crippen molar-refractivity contribution in [3.8, 4) is 0 Å². The fourth-order valence-electron chi connectivity index (χ4n) is 1.32. The summed E-state index contributed by atoms with van der Waals surface area (Å²) in [7, 11) is 0. The summed E-state index contributed by atoms with van der Waals surface area (Å²) in [5.74, 6) is 0.667. The van der Waals surface area contributed by atoms with E-state index in [4.69, 9.17) is 4.42 Å². The number of benzene rings is 1. The number of hydrogen-bond donors (Lipinski definition) is 1. The minimum absolute atomic E-state index is 0.0820. The molecule has 0 aliphatic rings. The van der Waals surface area contributed by atoms with Crippen LogP contribution in [-0.2, 0) is 6.54 Å². The molecule has 16 heavy (non-hydrogen) atoms. The molecule has 82 valence electrons. The van der Waals surface area contributed by atoms with Gasteiger partial charge in [0.2, 0.25) is 0 Å². The highest BCUT2D eigenvalue weighted by Crippen LogP contribution is 2.11. The minimum atomic E-state index is -0.0820. The molecule has 0 aliphatic carbocycles. The first-order valence-electron chi connectivity index (χ1n) is 4.82. The van der Waals surface area contributed by atoms with Crippen LogP contribution in [0.25, 0.3) is 0 Å². The van der Waals surface area contributed by atoms with Gasteiger partial charge in [-0.25, -0.2) is 0 Å². The summed E-state index contributed by atoms with van der Waals surface area (Å²) in [4.78, 5) is 11.8. The van der Waals surface area contributed by atoms with Gasteiger partial charge >= 0.3 is 0 Å². The van der Waals surface area contributed by atoms with E-state index in [0.29, 0.717) is 12.1 Å². The van der Waals surface area contributed by atoms with Gasteiger partial charge < -0.3 is 9.73 Å². The third-order valence-corrected chi connectivity index (χ3v) is 3.06. The molecule has 0 unspecified atom stereocenters. The molecule has 1 heterocycles. The van der Waals surface area contributed by atoms with Crippen molar-refractivity contribution in [2.45, 2.75) is 6.54 Å². The van der Waals surface area contributed by atoms with Crippen molar-refractivity contribution in [3.63, 3.8) is 0 Å². The third-order valence-electron chi connectivity index (χ3n) is 2.12. The maximum absolute atomic E-state index is 11.8. The Morgan fingerprint density at radius 3 is 2.75 bits per heavy atom. The van der Waals surface area contributed by atoms with Gasteiger partial charge in [0.15, 0.2) is 0 Å².